The Balaban J connectivity index is 1.62. The summed E-state index contributed by atoms with van der Waals surface area (Å²) in [5.41, 5.74) is 0.996. The number of carbonyl (C=O) groups excluding carboxylic acids is 1. The van der Waals surface area contributed by atoms with Crippen molar-refractivity contribution in [2.75, 3.05) is 13.2 Å². The fraction of sp³-hybridized carbons (Fsp3) is 0.500. The van der Waals surface area contributed by atoms with E-state index in [0.717, 1.165) is 25.7 Å². The number of hydrogen-bond donors (Lipinski definition) is 1. The van der Waals surface area contributed by atoms with Gasteiger partial charge in [-0.15, -0.1) is 0 Å². The van der Waals surface area contributed by atoms with Crippen molar-refractivity contribution in [1.29, 1.82) is 0 Å². The third-order valence-electron chi connectivity index (χ3n) is 4.58. The van der Waals surface area contributed by atoms with E-state index in [-0.39, 0.29) is 17.1 Å². The molecule has 122 valence electrons. The Bertz CT molecular complexity index is 739. The van der Waals surface area contributed by atoms with E-state index in [1.807, 2.05) is 18.2 Å². The van der Waals surface area contributed by atoms with Gasteiger partial charge in [0, 0.05) is 12.6 Å². The fourth-order valence-corrected chi connectivity index (χ4v) is 3.77. The maximum Gasteiger partial charge on any atom is 0.271 e. The molecule has 7 heteroatoms. The summed E-state index contributed by atoms with van der Waals surface area (Å²) in [5, 5.41) is 3.25. The molecule has 1 spiro atoms. The molecule has 1 atom stereocenters. The van der Waals surface area contributed by atoms with E-state index in [0.29, 0.717) is 24.6 Å². The van der Waals surface area contributed by atoms with Crippen molar-refractivity contribution in [3.8, 4) is 0 Å². The Labute approximate surface area is 138 Å². The molecule has 0 radical (unpaired) electrons. The number of pyridine rings is 1. The number of nitrogens with one attached hydrogen (secondary N) is 1. The zero-order valence-electron chi connectivity index (χ0n) is 12.6. The fourth-order valence-electron chi connectivity index (χ4n) is 3.51. The minimum absolute atomic E-state index is 0.170. The normalized spacial score (nSPS) is 23.4. The van der Waals surface area contributed by atoms with Crippen LogP contribution in [-0.4, -0.2) is 40.3 Å². The second-order valence-electron chi connectivity index (χ2n) is 5.96. The van der Waals surface area contributed by atoms with E-state index in [4.69, 9.17) is 21.1 Å². The highest BCUT2D eigenvalue weighted by Crippen LogP contribution is 2.36. The monoisotopic (exact) mass is 335 g/mol. The van der Waals surface area contributed by atoms with E-state index in [1.54, 1.807) is 10.6 Å². The third kappa shape index (κ3) is 2.51. The SMILES string of the molecule is O=C(N[C@@H]1CCCCC12OCCO2)c1c(Cl)nc2ccccn12. The molecule has 0 aromatic carbocycles. The van der Waals surface area contributed by atoms with Crippen molar-refractivity contribution >= 4 is 23.2 Å². The van der Waals surface area contributed by atoms with Crippen molar-refractivity contribution in [3.63, 3.8) is 0 Å². The van der Waals surface area contributed by atoms with E-state index in [2.05, 4.69) is 10.3 Å². The van der Waals surface area contributed by atoms with Gasteiger partial charge in [0.1, 0.15) is 5.65 Å². The summed E-state index contributed by atoms with van der Waals surface area (Å²) in [5.74, 6) is -0.931. The lowest BCUT2D eigenvalue weighted by Crippen LogP contribution is -2.55. The Kier molecular flexibility index (Phi) is 3.75. The third-order valence-corrected chi connectivity index (χ3v) is 4.85. The topological polar surface area (TPSA) is 64.9 Å². The number of hydrogen-bond acceptors (Lipinski definition) is 4. The summed E-state index contributed by atoms with van der Waals surface area (Å²) in [7, 11) is 0. The molecule has 0 bridgehead atoms. The first kappa shape index (κ1) is 14.9. The number of fused-ring (bicyclic) bond motifs is 1. The molecule has 1 N–H and O–H groups in total. The highest BCUT2D eigenvalue weighted by molar-refractivity contribution is 6.32. The zero-order chi connectivity index (χ0) is 15.9. The molecular weight excluding hydrogens is 318 g/mol. The summed E-state index contributed by atoms with van der Waals surface area (Å²) in [6.45, 7) is 1.14. The lowest BCUT2D eigenvalue weighted by Gasteiger charge is -2.39. The van der Waals surface area contributed by atoms with Gasteiger partial charge in [0.05, 0.1) is 19.3 Å². The molecule has 1 saturated carbocycles. The zero-order valence-corrected chi connectivity index (χ0v) is 13.4. The van der Waals surface area contributed by atoms with Crippen LogP contribution in [0.25, 0.3) is 5.65 Å². The molecule has 1 saturated heterocycles. The van der Waals surface area contributed by atoms with Crippen LogP contribution < -0.4 is 5.32 Å². The van der Waals surface area contributed by atoms with Crippen LogP contribution in [0.1, 0.15) is 36.2 Å². The number of aromatic nitrogens is 2. The summed E-state index contributed by atoms with van der Waals surface area (Å²) < 4.78 is 13.4. The van der Waals surface area contributed by atoms with Gasteiger partial charge in [0.25, 0.3) is 5.91 Å². The van der Waals surface area contributed by atoms with Crippen molar-refractivity contribution in [2.45, 2.75) is 37.5 Å². The van der Waals surface area contributed by atoms with Gasteiger partial charge in [0.15, 0.2) is 16.6 Å². The molecule has 23 heavy (non-hydrogen) atoms. The van der Waals surface area contributed by atoms with Crippen LogP contribution in [-0.2, 0) is 9.47 Å². The van der Waals surface area contributed by atoms with Gasteiger partial charge in [0.2, 0.25) is 0 Å². The van der Waals surface area contributed by atoms with Gasteiger partial charge in [-0.2, -0.15) is 0 Å². The van der Waals surface area contributed by atoms with Gasteiger partial charge in [-0.3, -0.25) is 9.20 Å². The van der Waals surface area contributed by atoms with E-state index in [9.17, 15) is 4.79 Å². The van der Waals surface area contributed by atoms with Crippen LogP contribution in [0.4, 0.5) is 0 Å². The largest absolute Gasteiger partial charge is 0.346 e. The van der Waals surface area contributed by atoms with Gasteiger partial charge >= 0.3 is 0 Å². The minimum Gasteiger partial charge on any atom is -0.346 e. The van der Waals surface area contributed by atoms with Gasteiger partial charge < -0.3 is 14.8 Å². The van der Waals surface area contributed by atoms with Crippen molar-refractivity contribution in [3.05, 3.63) is 35.2 Å². The number of halogens is 1. The van der Waals surface area contributed by atoms with Gasteiger partial charge in [-0.25, -0.2) is 4.98 Å². The minimum atomic E-state index is -0.680. The molecule has 6 nitrogen and oxygen atoms in total. The van der Waals surface area contributed by atoms with E-state index < -0.39 is 5.79 Å². The molecule has 1 aliphatic carbocycles. The second-order valence-corrected chi connectivity index (χ2v) is 6.32. The van der Waals surface area contributed by atoms with Crippen LogP contribution in [0, 0.1) is 0 Å². The molecule has 0 unspecified atom stereocenters. The van der Waals surface area contributed by atoms with Crippen LogP contribution in [0.3, 0.4) is 0 Å². The Morgan fingerprint density at radius 2 is 2.17 bits per heavy atom. The Morgan fingerprint density at radius 1 is 1.35 bits per heavy atom. The highest BCUT2D eigenvalue weighted by atomic mass is 35.5. The van der Waals surface area contributed by atoms with Crippen molar-refractivity contribution in [1.82, 2.24) is 14.7 Å². The van der Waals surface area contributed by atoms with Gasteiger partial charge in [-0.05, 0) is 25.0 Å². The molecule has 4 rings (SSSR count). The number of amides is 1. The van der Waals surface area contributed by atoms with Crippen LogP contribution in [0.15, 0.2) is 24.4 Å². The van der Waals surface area contributed by atoms with Gasteiger partial charge in [-0.1, -0.05) is 24.1 Å². The highest BCUT2D eigenvalue weighted by Gasteiger charge is 2.46. The molecule has 2 aromatic rings. The summed E-state index contributed by atoms with van der Waals surface area (Å²) in [6.07, 6.45) is 5.50. The molecular formula is C16H18ClN3O3. The lowest BCUT2D eigenvalue weighted by atomic mass is 9.89. The van der Waals surface area contributed by atoms with E-state index >= 15 is 0 Å². The molecule has 1 amide bonds. The Morgan fingerprint density at radius 3 is 3.00 bits per heavy atom. The number of carbonyl (C=O) groups is 1. The smallest absolute Gasteiger partial charge is 0.271 e. The number of ether oxygens (including phenoxy) is 2. The maximum atomic E-state index is 12.8. The average molecular weight is 336 g/mol. The quantitative estimate of drug-likeness (QED) is 0.915. The molecule has 2 aromatic heterocycles. The van der Waals surface area contributed by atoms with Crippen molar-refractivity contribution in [2.24, 2.45) is 0 Å². The molecule has 1 aliphatic heterocycles. The molecule has 2 fully saturated rings. The van der Waals surface area contributed by atoms with Crippen LogP contribution in [0.5, 0.6) is 0 Å². The first-order chi connectivity index (χ1) is 11.2. The standard InChI is InChI=1S/C16H18ClN3O3/c17-14-13(20-8-4-2-6-12(20)19-14)15(21)18-11-5-1-3-7-16(11)22-9-10-23-16/h2,4,6,8,11H,1,3,5,7,9-10H2,(H,18,21)/t11-/m1/s1. The predicted octanol–water partition coefficient (Wildman–Crippen LogP) is 2.40. The second kappa shape index (κ2) is 5.78. The first-order valence-corrected chi connectivity index (χ1v) is 8.29. The molecule has 2 aliphatic rings. The first-order valence-electron chi connectivity index (χ1n) is 7.91. The summed E-state index contributed by atoms with van der Waals surface area (Å²) in [4.78, 5) is 17.0. The van der Waals surface area contributed by atoms with E-state index in [1.165, 1.54) is 0 Å². The average Bonchev–Trinajstić information content (AvgIpc) is 3.14. The number of rotatable bonds is 2. The maximum absolute atomic E-state index is 12.8. The number of imidazole rings is 1. The van der Waals surface area contributed by atoms with Crippen molar-refractivity contribution < 1.29 is 14.3 Å². The summed E-state index contributed by atoms with van der Waals surface area (Å²) in [6, 6.07) is 5.34. The number of nitrogens with zero attached hydrogens (tertiary/aromatic N) is 2. The predicted molar refractivity (Wildman–Crippen MR) is 84.6 cm³/mol. The van der Waals surface area contributed by atoms with Crippen LogP contribution >= 0.6 is 11.6 Å². The molecule has 3 heterocycles. The van der Waals surface area contributed by atoms with Crippen LogP contribution in [0.2, 0.25) is 5.15 Å². The lowest BCUT2D eigenvalue weighted by molar-refractivity contribution is -0.192. The Hall–Kier alpha value is -1.63. The summed E-state index contributed by atoms with van der Waals surface area (Å²) >= 11 is 6.18.